The smallest absolute Gasteiger partial charge is 0.229 e. The highest BCUT2D eigenvalue weighted by Gasteiger charge is 2.16. The zero-order valence-electron chi connectivity index (χ0n) is 9.54. The fourth-order valence-corrected chi connectivity index (χ4v) is 1.76. The van der Waals surface area contributed by atoms with E-state index < -0.39 is 15.8 Å². The second kappa shape index (κ2) is 6.35. The lowest BCUT2D eigenvalue weighted by molar-refractivity contribution is 0.0693. The summed E-state index contributed by atoms with van der Waals surface area (Å²) in [6, 6.07) is 11.1. The quantitative estimate of drug-likeness (QED) is 0.708. The lowest BCUT2D eigenvalue weighted by Crippen LogP contribution is -2.30. The van der Waals surface area contributed by atoms with Crippen molar-refractivity contribution < 1.29 is 13.2 Å². The molecule has 0 aliphatic carbocycles. The Morgan fingerprint density at radius 3 is 2.59 bits per heavy atom. The predicted octanol–water partition coefficient (Wildman–Crippen LogP) is 0.946. The van der Waals surface area contributed by atoms with Crippen LogP contribution >= 0.6 is 0 Å². The van der Waals surface area contributed by atoms with Gasteiger partial charge in [-0.15, -0.1) is 0 Å². The third kappa shape index (κ3) is 4.53. The van der Waals surface area contributed by atoms with Gasteiger partial charge in [0, 0.05) is 7.05 Å². The maximum absolute atomic E-state index is 11.4. The molecule has 0 unspecified atom stereocenters. The normalized spacial score (nSPS) is 11.4. The molecule has 0 saturated heterocycles. The van der Waals surface area contributed by atoms with Crippen LogP contribution in [0.2, 0.25) is 0 Å². The molecule has 0 aliphatic heterocycles. The van der Waals surface area contributed by atoms with Crippen LogP contribution in [-0.2, 0) is 21.4 Å². The molecular formula is C11H14N2O3S. The van der Waals surface area contributed by atoms with Gasteiger partial charge < -0.3 is 4.74 Å². The summed E-state index contributed by atoms with van der Waals surface area (Å²) in [6.07, 6.45) is 0. The van der Waals surface area contributed by atoms with Gasteiger partial charge in [-0.05, 0) is 5.56 Å². The van der Waals surface area contributed by atoms with Crippen molar-refractivity contribution in [1.29, 1.82) is 5.26 Å². The van der Waals surface area contributed by atoms with Crippen LogP contribution in [-0.4, -0.2) is 32.3 Å². The van der Waals surface area contributed by atoms with E-state index in [2.05, 4.69) is 0 Å². The highest BCUT2D eigenvalue weighted by Crippen LogP contribution is 2.03. The molecule has 0 aliphatic rings. The van der Waals surface area contributed by atoms with Gasteiger partial charge in [-0.1, -0.05) is 30.3 Å². The summed E-state index contributed by atoms with van der Waals surface area (Å²) in [5, 5.41) is 8.36. The molecule has 0 spiro atoms. The molecule has 17 heavy (non-hydrogen) atoms. The second-order valence-electron chi connectivity index (χ2n) is 3.48. The van der Waals surface area contributed by atoms with Crippen LogP contribution in [0.25, 0.3) is 0 Å². The first kappa shape index (κ1) is 13.6. The summed E-state index contributed by atoms with van der Waals surface area (Å²) < 4.78 is 29.1. The Morgan fingerprint density at radius 2 is 2.00 bits per heavy atom. The highest BCUT2D eigenvalue weighted by molar-refractivity contribution is 7.89. The lowest BCUT2D eigenvalue weighted by Gasteiger charge is -2.15. The predicted molar refractivity (Wildman–Crippen MR) is 63.3 cm³/mol. The van der Waals surface area contributed by atoms with E-state index in [0.717, 1.165) is 9.87 Å². The zero-order valence-corrected chi connectivity index (χ0v) is 10.4. The molecule has 6 heteroatoms. The van der Waals surface area contributed by atoms with Crippen LogP contribution in [0.1, 0.15) is 5.56 Å². The largest absolute Gasteiger partial charge is 0.360 e. The number of hydrogen-bond acceptors (Lipinski definition) is 4. The molecule has 1 aromatic carbocycles. The number of ether oxygens (including phenoxy) is 1. The minimum atomic E-state index is -3.52. The van der Waals surface area contributed by atoms with Gasteiger partial charge in [0.1, 0.15) is 6.73 Å². The molecule has 0 fully saturated rings. The molecule has 1 rings (SSSR count). The molecule has 1 aromatic rings. The van der Waals surface area contributed by atoms with Crippen molar-refractivity contribution in [2.24, 2.45) is 0 Å². The molecule has 0 saturated carbocycles. The topological polar surface area (TPSA) is 70.4 Å². The van der Waals surface area contributed by atoms with Crippen LogP contribution in [0.15, 0.2) is 30.3 Å². The zero-order chi connectivity index (χ0) is 12.7. The molecule has 0 heterocycles. The van der Waals surface area contributed by atoms with Gasteiger partial charge in [-0.3, -0.25) is 0 Å². The van der Waals surface area contributed by atoms with E-state index >= 15 is 0 Å². The third-order valence-electron chi connectivity index (χ3n) is 2.11. The first-order chi connectivity index (χ1) is 8.06. The number of rotatable bonds is 6. The van der Waals surface area contributed by atoms with Crippen molar-refractivity contribution in [2.75, 3.05) is 19.5 Å². The summed E-state index contributed by atoms with van der Waals surface area (Å²) in [4.78, 5) is 0. The first-order valence-corrected chi connectivity index (χ1v) is 6.60. The molecular weight excluding hydrogens is 240 g/mol. The average molecular weight is 254 g/mol. The van der Waals surface area contributed by atoms with E-state index in [-0.39, 0.29) is 6.73 Å². The fourth-order valence-electron chi connectivity index (χ4n) is 1.14. The molecule has 0 aromatic heterocycles. The third-order valence-corrected chi connectivity index (χ3v) is 3.66. The van der Waals surface area contributed by atoms with Crippen molar-refractivity contribution >= 4 is 10.0 Å². The summed E-state index contributed by atoms with van der Waals surface area (Å²) in [7, 11) is -2.13. The van der Waals surface area contributed by atoms with Crippen molar-refractivity contribution in [3.63, 3.8) is 0 Å². The van der Waals surface area contributed by atoms with E-state index in [1.807, 2.05) is 30.3 Å². The Hall–Kier alpha value is -1.42. The van der Waals surface area contributed by atoms with E-state index in [1.165, 1.54) is 7.05 Å². The average Bonchev–Trinajstić information content (AvgIpc) is 2.30. The van der Waals surface area contributed by atoms with Gasteiger partial charge in [0.15, 0.2) is 5.75 Å². The number of hydrogen-bond donors (Lipinski definition) is 0. The summed E-state index contributed by atoms with van der Waals surface area (Å²) in [6.45, 7) is 0.284. The number of benzene rings is 1. The Morgan fingerprint density at radius 1 is 1.35 bits per heavy atom. The van der Waals surface area contributed by atoms with E-state index in [0.29, 0.717) is 6.61 Å². The van der Waals surface area contributed by atoms with E-state index in [4.69, 9.17) is 10.00 Å². The van der Waals surface area contributed by atoms with Gasteiger partial charge in [0.05, 0.1) is 12.7 Å². The molecule has 0 N–H and O–H groups in total. The Kier molecular flexibility index (Phi) is 5.10. The summed E-state index contributed by atoms with van der Waals surface area (Å²) in [5.41, 5.74) is 0.971. The van der Waals surface area contributed by atoms with Crippen molar-refractivity contribution in [2.45, 2.75) is 6.61 Å². The molecule has 0 amide bonds. The van der Waals surface area contributed by atoms with Gasteiger partial charge in [-0.25, -0.2) is 8.42 Å². The Balaban J connectivity index is 2.40. The SMILES string of the molecule is CN(COCc1ccccc1)S(=O)(=O)CC#N. The van der Waals surface area contributed by atoms with E-state index in [9.17, 15) is 8.42 Å². The molecule has 0 atom stereocenters. The monoisotopic (exact) mass is 254 g/mol. The number of sulfonamides is 1. The van der Waals surface area contributed by atoms with Gasteiger partial charge in [0.25, 0.3) is 0 Å². The van der Waals surface area contributed by atoms with Crippen molar-refractivity contribution in [3.05, 3.63) is 35.9 Å². The summed E-state index contributed by atoms with van der Waals surface area (Å²) in [5.74, 6) is -0.530. The van der Waals surface area contributed by atoms with Crippen LogP contribution in [0, 0.1) is 11.3 Å². The van der Waals surface area contributed by atoms with Gasteiger partial charge in [-0.2, -0.15) is 9.57 Å². The molecule has 0 bridgehead atoms. The minimum Gasteiger partial charge on any atom is -0.360 e. The maximum atomic E-state index is 11.4. The molecule has 5 nitrogen and oxygen atoms in total. The minimum absolute atomic E-state index is 0.0566. The molecule has 92 valence electrons. The number of nitrogens with zero attached hydrogens (tertiary/aromatic N) is 2. The van der Waals surface area contributed by atoms with Crippen LogP contribution in [0.5, 0.6) is 0 Å². The standard InChI is InChI=1S/C11H14N2O3S/c1-13(17(14,15)8-7-12)10-16-9-11-5-3-2-4-6-11/h2-6H,8-10H2,1H3. The van der Waals surface area contributed by atoms with Crippen LogP contribution < -0.4 is 0 Å². The fraction of sp³-hybridized carbons (Fsp3) is 0.364. The summed E-state index contributed by atoms with van der Waals surface area (Å²) >= 11 is 0. The highest BCUT2D eigenvalue weighted by atomic mass is 32.2. The van der Waals surface area contributed by atoms with E-state index in [1.54, 1.807) is 6.07 Å². The maximum Gasteiger partial charge on any atom is 0.229 e. The Bertz CT molecular complexity index is 479. The van der Waals surface area contributed by atoms with Gasteiger partial charge >= 0.3 is 0 Å². The molecule has 0 radical (unpaired) electrons. The van der Waals surface area contributed by atoms with Crippen LogP contribution in [0.3, 0.4) is 0 Å². The second-order valence-corrected chi connectivity index (χ2v) is 5.55. The number of nitriles is 1. The van der Waals surface area contributed by atoms with Gasteiger partial charge in [0.2, 0.25) is 10.0 Å². The van der Waals surface area contributed by atoms with Crippen molar-refractivity contribution in [3.8, 4) is 6.07 Å². The lowest BCUT2D eigenvalue weighted by atomic mass is 10.2. The van der Waals surface area contributed by atoms with Crippen molar-refractivity contribution in [1.82, 2.24) is 4.31 Å². The Labute approximate surface area is 101 Å². The first-order valence-electron chi connectivity index (χ1n) is 4.99. The van der Waals surface area contributed by atoms with Crippen LogP contribution in [0.4, 0.5) is 0 Å².